The van der Waals surface area contributed by atoms with Crippen LogP contribution >= 0.6 is 0 Å². The van der Waals surface area contributed by atoms with Crippen LogP contribution in [0.25, 0.3) is 10.8 Å². The SMILES string of the molecule is COC(=O)CCc1ccccc1C(=O)NC(C)c1cccc2ccccc12. The molecule has 0 saturated heterocycles. The highest BCUT2D eigenvalue weighted by molar-refractivity contribution is 5.96. The van der Waals surface area contributed by atoms with E-state index < -0.39 is 0 Å². The summed E-state index contributed by atoms with van der Waals surface area (Å²) >= 11 is 0. The zero-order valence-electron chi connectivity index (χ0n) is 15.6. The number of methoxy groups -OCH3 is 1. The van der Waals surface area contributed by atoms with E-state index in [1.54, 1.807) is 6.07 Å². The topological polar surface area (TPSA) is 55.4 Å². The van der Waals surface area contributed by atoms with E-state index in [1.807, 2.05) is 49.4 Å². The summed E-state index contributed by atoms with van der Waals surface area (Å²) in [4.78, 5) is 24.3. The van der Waals surface area contributed by atoms with Crippen molar-refractivity contribution in [1.29, 1.82) is 0 Å². The molecule has 0 aromatic heterocycles. The van der Waals surface area contributed by atoms with E-state index >= 15 is 0 Å². The first-order chi connectivity index (χ1) is 13.1. The van der Waals surface area contributed by atoms with Crippen molar-refractivity contribution in [3.8, 4) is 0 Å². The Morgan fingerprint density at radius 1 is 0.963 bits per heavy atom. The molecule has 0 saturated carbocycles. The van der Waals surface area contributed by atoms with Crippen molar-refractivity contribution in [2.75, 3.05) is 7.11 Å². The number of carbonyl (C=O) groups excluding carboxylic acids is 2. The summed E-state index contributed by atoms with van der Waals surface area (Å²) in [5.41, 5.74) is 2.51. The molecule has 0 fully saturated rings. The third-order valence-corrected chi connectivity index (χ3v) is 4.73. The first kappa shape index (κ1) is 18.6. The second-order valence-corrected chi connectivity index (χ2v) is 6.50. The summed E-state index contributed by atoms with van der Waals surface area (Å²) in [6.45, 7) is 1.98. The highest BCUT2D eigenvalue weighted by Gasteiger charge is 2.16. The molecule has 1 amide bonds. The van der Waals surface area contributed by atoms with Crippen molar-refractivity contribution in [1.82, 2.24) is 5.32 Å². The van der Waals surface area contributed by atoms with Crippen LogP contribution in [0.5, 0.6) is 0 Å². The highest BCUT2D eigenvalue weighted by Crippen LogP contribution is 2.24. The molecular weight excluding hydrogens is 338 g/mol. The lowest BCUT2D eigenvalue weighted by Crippen LogP contribution is -2.27. The molecule has 27 heavy (non-hydrogen) atoms. The molecule has 0 bridgehead atoms. The minimum absolute atomic E-state index is 0.141. The summed E-state index contributed by atoms with van der Waals surface area (Å²) in [5, 5.41) is 5.37. The summed E-state index contributed by atoms with van der Waals surface area (Å²) in [6, 6.07) is 21.5. The second-order valence-electron chi connectivity index (χ2n) is 6.50. The van der Waals surface area contributed by atoms with E-state index in [0.29, 0.717) is 12.0 Å². The summed E-state index contributed by atoms with van der Waals surface area (Å²) in [6.07, 6.45) is 0.721. The quantitative estimate of drug-likeness (QED) is 0.661. The molecule has 0 aliphatic heterocycles. The number of aryl methyl sites for hydroxylation is 1. The van der Waals surface area contributed by atoms with Crippen molar-refractivity contribution in [2.45, 2.75) is 25.8 Å². The predicted octanol–water partition coefficient (Wildman–Crippen LogP) is 4.44. The molecule has 4 nitrogen and oxygen atoms in total. The summed E-state index contributed by atoms with van der Waals surface area (Å²) in [5.74, 6) is -0.426. The monoisotopic (exact) mass is 361 g/mol. The fourth-order valence-electron chi connectivity index (χ4n) is 3.28. The Bertz CT molecular complexity index is 959. The molecule has 138 valence electrons. The number of carbonyl (C=O) groups is 2. The van der Waals surface area contributed by atoms with Crippen LogP contribution in [0.4, 0.5) is 0 Å². The first-order valence-corrected chi connectivity index (χ1v) is 9.03. The van der Waals surface area contributed by atoms with Gasteiger partial charge in [-0.25, -0.2) is 0 Å². The van der Waals surface area contributed by atoms with E-state index in [9.17, 15) is 9.59 Å². The number of ether oxygens (including phenoxy) is 1. The molecule has 3 aromatic carbocycles. The largest absolute Gasteiger partial charge is 0.469 e. The van der Waals surface area contributed by atoms with Crippen LogP contribution in [0.3, 0.4) is 0 Å². The van der Waals surface area contributed by atoms with Gasteiger partial charge in [0.25, 0.3) is 5.91 Å². The second kappa shape index (κ2) is 8.49. The Morgan fingerprint density at radius 3 is 2.48 bits per heavy atom. The van der Waals surface area contributed by atoms with Gasteiger partial charge < -0.3 is 10.1 Å². The van der Waals surface area contributed by atoms with E-state index in [4.69, 9.17) is 4.74 Å². The van der Waals surface area contributed by atoms with Gasteiger partial charge in [-0.2, -0.15) is 0 Å². The molecule has 0 aliphatic rings. The van der Waals surface area contributed by atoms with Crippen LogP contribution in [0.1, 0.15) is 40.9 Å². The maximum absolute atomic E-state index is 12.9. The minimum atomic E-state index is -0.283. The van der Waals surface area contributed by atoms with Crippen LogP contribution in [-0.2, 0) is 16.0 Å². The molecular formula is C23H23NO3. The van der Waals surface area contributed by atoms with Crippen molar-refractivity contribution in [2.24, 2.45) is 0 Å². The van der Waals surface area contributed by atoms with E-state index in [0.717, 1.165) is 21.9 Å². The molecule has 3 aromatic rings. The standard InChI is InChI=1S/C23H23NO3/c1-16(19-13-7-10-17-8-3-5-11-20(17)19)24-23(26)21-12-6-4-9-18(21)14-15-22(25)27-2/h3-13,16H,14-15H2,1-2H3,(H,24,26). The molecule has 3 rings (SSSR count). The highest BCUT2D eigenvalue weighted by atomic mass is 16.5. The van der Waals surface area contributed by atoms with Gasteiger partial charge in [-0.1, -0.05) is 60.7 Å². The van der Waals surface area contributed by atoms with Gasteiger partial charge in [0.1, 0.15) is 0 Å². The molecule has 4 heteroatoms. The molecule has 0 spiro atoms. The Balaban J connectivity index is 1.80. The van der Waals surface area contributed by atoms with Gasteiger partial charge in [-0.15, -0.1) is 0 Å². The van der Waals surface area contributed by atoms with Gasteiger partial charge in [0.15, 0.2) is 0 Å². The van der Waals surface area contributed by atoms with Crippen LogP contribution < -0.4 is 5.32 Å². The molecule has 1 unspecified atom stereocenters. The number of nitrogens with one attached hydrogen (secondary N) is 1. The van der Waals surface area contributed by atoms with Gasteiger partial charge in [0.05, 0.1) is 13.2 Å². The van der Waals surface area contributed by atoms with E-state index in [1.165, 1.54) is 7.11 Å². The molecule has 1 N–H and O–H groups in total. The van der Waals surface area contributed by atoms with Crippen molar-refractivity contribution >= 4 is 22.6 Å². The first-order valence-electron chi connectivity index (χ1n) is 9.03. The Morgan fingerprint density at radius 2 is 1.67 bits per heavy atom. The van der Waals surface area contributed by atoms with Crippen LogP contribution in [0.2, 0.25) is 0 Å². The lowest BCUT2D eigenvalue weighted by Gasteiger charge is -2.18. The minimum Gasteiger partial charge on any atom is -0.469 e. The number of amides is 1. The lowest BCUT2D eigenvalue weighted by atomic mass is 9.98. The van der Waals surface area contributed by atoms with Crippen LogP contribution in [0.15, 0.2) is 66.7 Å². The van der Waals surface area contributed by atoms with Crippen molar-refractivity contribution in [3.63, 3.8) is 0 Å². The maximum atomic E-state index is 12.9. The summed E-state index contributed by atoms with van der Waals surface area (Å²) < 4.78 is 4.70. The normalized spacial score (nSPS) is 11.8. The Kier molecular flexibility index (Phi) is 5.87. The fourth-order valence-corrected chi connectivity index (χ4v) is 3.28. The Labute approximate surface area is 159 Å². The molecule has 0 radical (unpaired) electrons. The molecule has 0 aliphatic carbocycles. The third-order valence-electron chi connectivity index (χ3n) is 4.73. The zero-order chi connectivity index (χ0) is 19.2. The fraction of sp³-hybridized carbons (Fsp3) is 0.217. The van der Waals surface area contributed by atoms with Crippen LogP contribution in [0, 0.1) is 0 Å². The van der Waals surface area contributed by atoms with Gasteiger partial charge in [-0.3, -0.25) is 9.59 Å². The van der Waals surface area contributed by atoms with Gasteiger partial charge >= 0.3 is 5.97 Å². The molecule has 1 atom stereocenters. The van der Waals surface area contributed by atoms with E-state index in [-0.39, 0.29) is 24.3 Å². The van der Waals surface area contributed by atoms with E-state index in [2.05, 4.69) is 23.5 Å². The maximum Gasteiger partial charge on any atom is 0.305 e. The Hall–Kier alpha value is -3.14. The number of hydrogen-bond acceptors (Lipinski definition) is 3. The average Bonchev–Trinajstić information content (AvgIpc) is 2.71. The smallest absolute Gasteiger partial charge is 0.305 e. The predicted molar refractivity (Wildman–Crippen MR) is 107 cm³/mol. The average molecular weight is 361 g/mol. The number of hydrogen-bond donors (Lipinski definition) is 1. The van der Waals surface area contributed by atoms with Crippen LogP contribution in [-0.4, -0.2) is 19.0 Å². The number of benzene rings is 3. The van der Waals surface area contributed by atoms with Crippen molar-refractivity contribution in [3.05, 3.63) is 83.4 Å². The number of fused-ring (bicyclic) bond motifs is 1. The van der Waals surface area contributed by atoms with Gasteiger partial charge in [0, 0.05) is 12.0 Å². The summed E-state index contributed by atoms with van der Waals surface area (Å²) in [7, 11) is 1.37. The number of esters is 1. The third kappa shape index (κ3) is 4.34. The van der Waals surface area contributed by atoms with Gasteiger partial charge in [-0.05, 0) is 41.3 Å². The van der Waals surface area contributed by atoms with Crippen molar-refractivity contribution < 1.29 is 14.3 Å². The molecule has 0 heterocycles. The van der Waals surface area contributed by atoms with Gasteiger partial charge in [0.2, 0.25) is 0 Å². The zero-order valence-corrected chi connectivity index (χ0v) is 15.6. The number of rotatable bonds is 6. The lowest BCUT2D eigenvalue weighted by molar-refractivity contribution is -0.140.